The predicted octanol–water partition coefficient (Wildman–Crippen LogP) is 4.98. The van der Waals surface area contributed by atoms with Crippen LogP contribution >= 0.6 is 11.6 Å². The van der Waals surface area contributed by atoms with Crippen LogP contribution in [0.3, 0.4) is 0 Å². The van der Waals surface area contributed by atoms with Crippen LogP contribution < -0.4 is 0 Å². The summed E-state index contributed by atoms with van der Waals surface area (Å²) in [4.78, 5) is 2.28. The Morgan fingerprint density at radius 2 is 1.92 bits per heavy atom. The molecular formula is C21H17ClF2N2. The van der Waals surface area contributed by atoms with E-state index in [0.29, 0.717) is 10.6 Å². The summed E-state index contributed by atoms with van der Waals surface area (Å²) in [6.45, 7) is 3.12. The zero-order valence-corrected chi connectivity index (χ0v) is 15.2. The summed E-state index contributed by atoms with van der Waals surface area (Å²) in [6.07, 6.45) is 0.923. The van der Waals surface area contributed by atoms with Crippen molar-refractivity contribution in [1.82, 2.24) is 9.47 Å². The maximum Gasteiger partial charge on any atom is 0.160 e. The Bertz CT molecular complexity index is 1080. The molecule has 1 aliphatic heterocycles. The first kappa shape index (κ1) is 17.1. The Balaban J connectivity index is 1.92. The number of halogens is 3. The van der Waals surface area contributed by atoms with Gasteiger partial charge in [0.25, 0.3) is 0 Å². The number of rotatable bonds is 0. The van der Waals surface area contributed by atoms with Gasteiger partial charge in [0.2, 0.25) is 0 Å². The van der Waals surface area contributed by atoms with Gasteiger partial charge in [-0.15, -0.1) is 0 Å². The Morgan fingerprint density at radius 1 is 1.12 bits per heavy atom. The van der Waals surface area contributed by atoms with E-state index in [1.165, 1.54) is 11.6 Å². The minimum Gasteiger partial charge on any atom is -0.298 e. The molecule has 0 spiro atoms. The van der Waals surface area contributed by atoms with E-state index < -0.39 is 11.6 Å². The van der Waals surface area contributed by atoms with Gasteiger partial charge in [0.05, 0.1) is 11.2 Å². The third-order valence-corrected chi connectivity index (χ3v) is 5.31. The Morgan fingerprint density at radius 3 is 2.69 bits per heavy atom. The molecule has 0 N–H and O–H groups in total. The Hall–Kier alpha value is -2.35. The fraction of sp³-hybridized carbons (Fsp3) is 0.238. The minimum atomic E-state index is -0.893. The summed E-state index contributed by atoms with van der Waals surface area (Å²) in [5, 5.41) is 1.80. The largest absolute Gasteiger partial charge is 0.298 e. The van der Waals surface area contributed by atoms with Gasteiger partial charge in [-0.2, -0.15) is 0 Å². The predicted molar refractivity (Wildman–Crippen MR) is 100 cm³/mol. The third-order valence-electron chi connectivity index (χ3n) is 5.08. The zero-order chi connectivity index (χ0) is 18.4. The van der Waals surface area contributed by atoms with E-state index in [9.17, 15) is 8.78 Å². The topological polar surface area (TPSA) is 8.17 Å². The number of benzene rings is 2. The van der Waals surface area contributed by atoms with Gasteiger partial charge in [-0.05, 0) is 68.3 Å². The first-order chi connectivity index (χ1) is 12.5. The second kappa shape index (κ2) is 6.42. The summed E-state index contributed by atoms with van der Waals surface area (Å²) in [7, 11) is 2.09. The van der Waals surface area contributed by atoms with Crippen molar-refractivity contribution < 1.29 is 8.78 Å². The smallest absolute Gasteiger partial charge is 0.160 e. The number of nitrogens with zero attached hydrogens (tertiary/aromatic N) is 2. The van der Waals surface area contributed by atoms with E-state index in [2.05, 4.69) is 30.8 Å². The maximum atomic E-state index is 13.5. The van der Waals surface area contributed by atoms with E-state index >= 15 is 0 Å². The third kappa shape index (κ3) is 2.78. The van der Waals surface area contributed by atoms with Crippen molar-refractivity contribution >= 4 is 22.5 Å². The number of hydrogen-bond acceptors (Lipinski definition) is 1. The van der Waals surface area contributed by atoms with E-state index in [4.69, 9.17) is 11.6 Å². The molecule has 26 heavy (non-hydrogen) atoms. The minimum absolute atomic E-state index is 0.198. The van der Waals surface area contributed by atoms with Gasteiger partial charge < -0.3 is 0 Å². The summed E-state index contributed by atoms with van der Waals surface area (Å²) >= 11 is 6.21. The average Bonchev–Trinajstić information content (AvgIpc) is 2.92. The lowest BCUT2D eigenvalue weighted by molar-refractivity contribution is 0.242. The molecule has 1 aromatic heterocycles. The molecule has 2 heterocycles. The molecule has 1 aliphatic rings. The molecule has 0 saturated heterocycles. The quantitative estimate of drug-likeness (QED) is 0.507. The van der Waals surface area contributed by atoms with E-state index in [-0.39, 0.29) is 6.04 Å². The zero-order valence-electron chi connectivity index (χ0n) is 14.5. The van der Waals surface area contributed by atoms with E-state index in [1.807, 2.05) is 22.8 Å². The molecule has 3 aromatic rings. The van der Waals surface area contributed by atoms with Gasteiger partial charge in [-0.25, -0.2) is 8.78 Å². The van der Waals surface area contributed by atoms with Gasteiger partial charge >= 0.3 is 0 Å². The van der Waals surface area contributed by atoms with Crippen LogP contribution in [-0.2, 0) is 6.42 Å². The Kier molecular flexibility index (Phi) is 4.22. The second-order valence-corrected chi connectivity index (χ2v) is 7.07. The highest BCUT2D eigenvalue weighted by atomic mass is 35.5. The first-order valence-corrected chi connectivity index (χ1v) is 8.83. The normalized spacial score (nSPS) is 17.0. The molecule has 2 aromatic carbocycles. The molecule has 4 rings (SSSR count). The fourth-order valence-electron chi connectivity index (χ4n) is 3.55. The molecule has 1 atom stereocenters. The molecule has 0 amide bonds. The number of hydrogen-bond donors (Lipinski definition) is 0. The molecule has 132 valence electrons. The van der Waals surface area contributed by atoms with Crippen LogP contribution in [0.2, 0.25) is 5.02 Å². The van der Waals surface area contributed by atoms with Crippen LogP contribution in [0.25, 0.3) is 10.9 Å². The highest BCUT2D eigenvalue weighted by molar-refractivity contribution is 6.31. The standard InChI is InChI=1S/C21H17ClF2N2/c1-13-21-16(8-9-25(13)2)17-12-15(22)4-6-20(17)26(21)10-7-14-3-5-18(23)19(24)11-14/h3-6,11-13H,8-9H2,1-2H3. The number of fused-ring (bicyclic) bond motifs is 3. The monoisotopic (exact) mass is 370 g/mol. The van der Waals surface area contributed by atoms with Crippen molar-refractivity contribution in [3.05, 3.63) is 69.9 Å². The van der Waals surface area contributed by atoms with Crippen LogP contribution in [0, 0.1) is 23.6 Å². The van der Waals surface area contributed by atoms with E-state index in [0.717, 1.165) is 41.7 Å². The summed E-state index contributed by atoms with van der Waals surface area (Å²) in [5.41, 5.74) is 3.81. The lowest BCUT2D eigenvalue weighted by atomic mass is 9.99. The van der Waals surface area contributed by atoms with Crippen molar-refractivity contribution in [2.75, 3.05) is 13.6 Å². The lowest BCUT2D eigenvalue weighted by Gasteiger charge is -2.30. The highest BCUT2D eigenvalue weighted by Gasteiger charge is 2.27. The van der Waals surface area contributed by atoms with Gasteiger partial charge in [-0.3, -0.25) is 9.47 Å². The Labute approximate surface area is 156 Å². The highest BCUT2D eigenvalue weighted by Crippen LogP contribution is 2.36. The van der Waals surface area contributed by atoms with E-state index in [1.54, 1.807) is 0 Å². The summed E-state index contributed by atoms with van der Waals surface area (Å²) in [5.74, 6) is 1.20. The van der Waals surface area contributed by atoms with Crippen LogP contribution in [0.15, 0.2) is 36.4 Å². The molecule has 0 radical (unpaired) electrons. The van der Waals surface area contributed by atoms with Crippen molar-refractivity contribution in [2.24, 2.45) is 0 Å². The SMILES string of the molecule is CC1c2c(c3cc(Cl)ccc3n2C#Cc2ccc(F)c(F)c2)CCN1C. The van der Waals surface area contributed by atoms with Crippen LogP contribution in [0.4, 0.5) is 8.78 Å². The van der Waals surface area contributed by atoms with Gasteiger partial charge in [0, 0.05) is 34.6 Å². The van der Waals surface area contributed by atoms with Crippen LogP contribution in [-0.4, -0.2) is 23.1 Å². The van der Waals surface area contributed by atoms with Crippen molar-refractivity contribution in [3.8, 4) is 12.0 Å². The molecule has 2 nitrogen and oxygen atoms in total. The molecule has 0 bridgehead atoms. The molecule has 1 unspecified atom stereocenters. The van der Waals surface area contributed by atoms with Crippen LogP contribution in [0.5, 0.6) is 0 Å². The summed E-state index contributed by atoms with van der Waals surface area (Å²) < 4.78 is 28.6. The van der Waals surface area contributed by atoms with Gasteiger partial charge in [-0.1, -0.05) is 11.6 Å². The summed E-state index contributed by atoms with van der Waals surface area (Å²) in [6, 6.07) is 12.8. The number of likely N-dealkylation sites (N-methyl/N-ethyl adjacent to an activating group) is 1. The molecule has 0 aliphatic carbocycles. The van der Waals surface area contributed by atoms with Gasteiger partial charge in [0.1, 0.15) is 0 Å². The van der Waals surface area contributed by atoms with Crippen LogP contribution in [0.1, 0.15) is 29.8 Å². The lowest BCUT2D eigenvalue weighted by Crippen LogP contribution is -2.31. The number of aromatic nitrogens is 1. The molecular weight excluding hydrogens is 354 g/mol. The van der Waals surface area contributed by atoms with Crippen molar-refractivity contribution in [3.63, 3.8) is 0 Å². The molecule has 0 fully saturated rings. The fourth-order valence-corrected chi connectivity index (χ4v) is 3.73. The molecule has 5 heteroatoms. The second-order valence-electron chi connectivity index (χ2n) is 6.63. The van der Waals surface area contributed by atoms with Crippen molar-refractivity contribution in [1.29, 1.82) is 0 Å². The molecule has 0 saturated carbocycles. The first-order valence-electron chi connectivity index (χ1n) is 8.46. The maximum absolute atomic E-state index is 13.5. The van der Waals surface area contributed by atoms with Crippen molar-refractivity contribution in [2.45, 2.75) is 19.4 Å². The van der Waals surface area contributed by atoms with Gasteiger partial charge in [0.15, 0.2) is 11.6 Å². The average molecular weight is 371 g/mol.